The number of nitrogens with one attached hydrogen (secondary N) is 4. The highest BCUT2D eigenvalue weighted by atomic mass is 35.5. The average Bonchev–Trinajstić information content (AvgIpc) is 3.03. The fourth-order valence-electron chi connectivity index (χ4n) is 3.99. The van der Waals surface area contributed by atoms with Crippen LogP contribution in [0.2, 0.25) is 10.0 Å². The van der Waals surface area contributed by atoms with E-state index in [4.69, 9.17) is 33.1 Å². The molecule has 0 aliphatic carbocycles. The molecule has 1 unspecified atom stereocenters. The molecule has 4 amide bonds. The Labute approximate surface area is 283 Å². The van der Waals surface area contributed by atoms with Gasteiger partial charge in [0.2, 0.25) is 11.8 Å². The van der Waals surface area contributed by atoms with Crippen molar-refractivity contribution in [3.8, 4) is 11.1 Å². The van der Waals surface area contributed by atoms with E-state index in [1.165, 1.54) is 0 Å². The molecule has 0 radical (unpaired) electrons. The van der Waals surface area contributed by atoms with E-state index < -0.39 is 30.1 Å². The molecule has 3 rings (SSSR count). The van der Waals surface area contributed by atoms with Gasteiger partial charge in [-0.3, -0.25) is 14.4 Å². The van der Waals surface area contributed by atoms with Crippen LogP contribution >= 0.6 is 23.2 Å². The van der Waals surface area contributed by atoms with E-state index in [1.807, 2.05) is 42.5 Å². The SMILES string of the molecule is O=C(O)C(F)(F)F.O=C(O)CC(NC(=O)CNC(=O)CCCCNC(=O)NCc1ccc(Cl)cc1Cl)c1ccc(-c2ccccc2)cc1. The topological polar surface area (TPSA) is 174 Å². The summed E-state index contributed by atoms with van der Waals surface area (Å²) in [5.74, 6) is -4.62. The van der Waals surface area contributed by atoms with Gasteiger partial charge in [-0.15, -0.1) is 0 Å². The number of aliphatic carboxylic acids is 2. The number of unbranched alkanes of at least 4 members (excludes halogenated alkanes) is 1. The van der Waals surface area contributed by atoms with Gasteiger partial charge in [0.05, 0.1) is 19.0 Å². The second-order valence-corrected chi connectivity index (χ2v) is 10.9. The van der Waals surface area contributed by atoms with Crippen LogP contribution in [-0.2, 0) is 25.7 Å². The van der Waals surface area contributed by atoms with E-state index >= 15 is 0 Å². The van der Waals surface area contributed by atoms with Crippen molar-refractivity contribution in [1.82, 2.24) is 21.3 Å². The van der Waals surface area contributed by atoms with Gasteiger partial charge in [0.25, 0.3) is 0 Å². The maximum absolute atomic E-state index is 12.5. The van der Waals surface area contributed by atoms with Gasteiger partial charge < -0.3 is 31.5 Å². The zero-order valence-electron chi connectivity index (χ0n) is 25.3. The summed E-state index contributed by atoms with van der Waals surface area (Å²) >= 11 is 12.0. The number of hydrogen-bond acceptors (Lipinski definition) is 5. The molecule has 0 bridgehead atoms. The Bertz CT molecular complexity index is 1540. The van der Waals surface area contributed by atoms with Gasteiger partial charge in [0, 0.05) is 29.6 Å². The normalized spacial score (nSPS) is 11.3. The second kappa shape index (κ2) is 19.8. The third kappa shape index (κ3) is 15.2. The number of rotatable bonds is 14. The number of benzene rings is 3. The lowest BCUT2D eigenvalue weighted by atomic mass is 9.99. The summed E-state index contributed by atoms with van der Waals surface area (Å²) in [5, 5.41) is 28.1. The number of amides is 4. The van der Waals surface area contributed by atoms with Crippen LogP contribution in [0.4, 0.5) is 18.0 Å². The fraction of sp³-hybridized carbons (Fsp3) is 0.281. The highest BCUT2D eigenvalue weighted by molar-refractivity contribution is 6.35. The van der Waals surface area contributed by atoms with Crippen molar-refractivity contribution < 1.29 is 47.4 Å². The lowest BCUT2D eigenvalue weighted by Gasteiger charge is -2.18. The van der Waals surface area contributed by atoms with E-state index in [-0.39, 0.29) is 37.9 Å². The summed E-state index contributed by atoms with van der Waals surface area (Å²) < 4.78 is 31.7. The highest BCUT2D eigenvalue weighted by Crippen LogP contribution is 2.24. The molecule has 0 saturated carbocycles. The van der Waals surface area contributed by atoms with Crippen LogP contribution in [0.25, 0.3) is 11.1 Å². The monoisotopic (exact) mass is 712 g/mol. The quantitative estimate of drug-likeness (QED) is 0.116. The van der Waals surface area contributed by atoms with Crippen LogP contribution in [0, 0.1) is 0 Å². The van der Waals surface area contributed by atoms with E-state index in [0.29, 0.717) is 35.0 Å². The number of alkyl halides is 3. The van der Waals surface area contributed by atoms with Crippen molar-refractivity contribution in [2.45, 2.75) is 44.4 Å². The number of carbonyl (C=O) groups is 5. The molecule has 258 valence electrons. The van der Waals surface area contributed by atoms with Crippen molar-refractivity contribution in [2.24, 2.45) is 0 Å². The summed E-state index contributed by atoms with van der Waals surface area (Å²) in [5.41, 5.74) is 3.39. The largest absolute Gasteiger partial charge is 0.490 e. The van der Waals surface area contributed by atoms with Crippen molar-refractivity contribution >= 4 is 53.0 Å². The minimum Gasteiger partial charge on any atom is -0.481 e. The molecule has 0 aliphatic rings. The molecule has 6 N–H and O–H groups in total. The Morgan fingerprint density at radius 2 is 1.40 bits per heavy atom. The zero-order chi connectivity index (χ0) is 35.7. The van der Waals surface area contributed by atoms with E-state index in [2.05, 4.69) is 21.3 Å². The van der Waals surface area contributed by atoms with Gasteiger partial charge in [-0.2, -0.15) is 13.2 Å². The summed E-state index contributed by atoms with van der Waals surface area (Å²) in [7, 11) is 0. The van der Waals surface area contributed by atoms with Crippen LogP contribution in [-0.4, -0.2) is 59.3 Å². The predicted molar refractivity (Wildman–Crippen MR) is 172 cm³/mol. The molecule has 0 fully saturated rings. The number of urea groups is 1. The first kappa shape index (κ1) is 39.4. The van der Waals surface area contributed by atoms with Crippen molar-refractivity contribution in [3.63, 3.8) is 0 Å². The Balaban J connectivity index is 0.00000103. The summed E-state index contributed by atoms with van der Waals surface area (Å²) in [6, 6.07) is 21.0. The molecule has 3 aromatic carbocycles. The van der Waals surface area contributed by atoms with E-state index in [9.17, 15) is 37.5 Å². The Kier molecular flexibility index (Phi) is 16.2. The number of carbonyl (C=O) groups excluding carboxylic acids is 3. The second-order valence-electron chi connectivity index (χ2n) is 10.1. The first-order valence-corrected chi connectivity index (χ1v) is 15.1. The molecule has 0 aliphatic heterocycles. The van der Waals surface area contributed by atoms with Crippen LogP contribution in [0.3, 0.4) is 0 Å². The molecule has 11 nitrogen and oxygen atoms in total. The number of hydrogen-bond donors (Lipinski definition) is 6. The molecule has 3 aromatic rings. The standard InChI is InChI=1S/C30H32Cl2N4O5.C2HF3O2/c31-24-14-13-23(25(32)16-24)18-35-30(41)33-15-5-4-8-27(37)34-19-28(38)36-26(17-29(39)40)22-11-9-21(10-12-22)20-6-2-1-3-7-20;3-2(4,5)1(6)7/h1-3,6-7,9-14,16,26H,4-5,8,15,17-19H2,(H,34,37)(H,36,38)(H,39,40)(H2,33,35,41);(H,6,7). The van der Waals surface area contributed by atoms with Gasteiger partial charge >= 0.3 is 24.1 Å². The Hall–Kier alpha value is -4.82. The molecule has 1 atom stereocenters. The molecular formula is C32H33Cl2F3N4O7. The first-order valence-electron chi connectivity index (χ1n) is 14.3. The summed E-state index contributed by atoms with van der Waals surface area (Å²) in [6.07, 6.45) is -4.13. The third-order valence-electron chi connectivity index (χ3n) is 6.39. The van der Waals surface area contributed by atoms with Crippen LogP contribution in [0.1, 0.15) is 42.9 Å². The van der Waals surface area contributed by atoms with Crippen LogP contribution in [0.5, 0.6) is 0 Å². The number of carboxylic acids is 2. The van der Waals surface area contributed by atoms with Gasteiger partial charge in [-0.05, 0) is 47.2 Å². The number of carboxylic acid groups (broad SMARTS) is 2. The zero-order valence-corrected chi connectivity index (χ0v) is 26.8. The molecule has 16 heteroatoms. The minimum absolute atomic E-state index is 0.177. The Morgan fingerprint density at radius 1 is 0.771 bits per heavy atom. The smallest absolute Gasteiger partial charge is 0.481 e. The van der Waals surface area contributed by atoms with Gasteiger partial charge in [0.1, 0.15) is 0 Å². The minimum atomic E-state index is -5.08. The fourth-order valence-corrected chi connectivity index (χ4v) is 4.47. The lowest BCUT2D eigenvalue weighted by molar-refractivity contribution is -0.192. The first-order chi connectivity index (χ1) is 22.6. The van der Waals surface area contributed by atoms with E-state index in [1.54, 1.807) is 30.3 Å². The lowest BCUT2D eigenvalue weighted by Crippen LogP contribution is -2.39. The summed E-state index contributed by atoms with van der Waals surface area (Å²) in [6.45, 7) is 0.345. The maximum atomic E-state index is 12.5. The van der Waals surface area contributed by atoms with Crippen LogP contribution < -0.4 is 21.3 Å². The molecular weight excluding hydrogens is 680 g/mol. The third-order valence-corrected chi connectivity index (χ3v) is 6.98. The molecule has 48 heavy (non-hydrogen) atoms. The molecule has 0 spiro atoms. The summed E-state index contributed by atoms with van der Waals surface area (Å²) in [4.78, 5) is 56.9. The predicted octanol–water partition coefficient (Wildman–Crippen LogP) is 5.71. The van der Waals surface area contributed by atoms with Crippen molar-refractivity contribution in [2.75, 3.05) is 13.1 Å². The highest BCUT2D eigenvalue weighted by Gasteiger charge is 2.38. The molecule has 0 saturated heterocycles. The van der Waals surface area contributed by atoms with Gasteiger partial charge in [-0.1, -0.05) is 83.9 Å². The maximum Gasteiger partial charge on any atom is 0.490 e. The van der Waals surface area contributed by atoms with Crippen LogP contribution in [0.15, 0.2) is 72.8 Å². The molecule has 0 heterocycles. The number of halogens is 5. The molecule has 0 aromatic heterocycles. The van der Waals surface area contributed by atoms with Gasteiger partial charge in [-0.25, -0.2) is 9.59 Å². The van der Waals surface area contributed by atoms with Crippen molar-refractivity contribution in [1.29, 1.82) is 0 Å². The van der Waals surface area contributed by atoms with E-state index in [0.717, 1.165) is 16.7 Å². The Morgan fingerprint density at radius 3 is 1.98 bits per heavy atom. The average molecular weight is 714 g/mol. The van der Waals surface area contributed by atoms with Crippen molar-refractivity contribution in [3.05, 3.63) is 94.0 Å². The van der Waals surface area contributed by atoms with Gasteiger partial charge in [0.15, 0.2) is 0 Å².